The third kappa shape index (κ3) is 3.01. The van der Waals surface area contributed by atoms with Gasteiger partial charge in [-0.3, -0.25) is 0 Å². The van der Waals surface area contributed by atoms with Crippen LogP contribution in [-0.2, 0) is 0 Å². The lowest BCUT2D eigenvalue weighted by molar-refractivity contribution is 0.140. The van der Waals surface area contributed by atoms with Crippen LogP contribution in [0.5, 0.6) is 5.75 Å². The van der Waals surface area contributed by atoms with Crippen LogP contribution in [0.2, 0.25) is 0 Å². The first kappa shape index (κ1) is 12.4. The highest BCUT2D eigenvalue weighted by atomic mass is 16.5. The van der Waals surface area contributed by atoms with E-state index in [0.29, 0.717) is 12.1 Å². The molecule has 1 aliphatic heterocycles. The van der Waals surface area contributed by atoms with Gasteiger partial charge in [-0.15, -0.1) is 0 Å². The smallest absolute Gasteiger partial charge is 0.124 e. The Balaban J connectivity index is 2.13. The van der Waals surface area contributed by atoms with Crippen molar-refractivity contribution in [3.8, 4) is 5.75 Å². The summed E-state index contributed by atoms with van der Waals surface area (Å²) < 4.78 is 6.04. The molecule has 0 spiro atoms. The molecule has 2 rings (SSSR count). The molecule has 0 bridgehead atoms. The third-order valence-electron chi connectivity index (χ3n) is 3.34. The van der Waals surface area contributed by atoms with E-state index < -0.39 is 0 Å². The van der Waals surface area contributed by atoms with Crippen molar-refractivity contribution in [2.75, 3.05) is 6.54 Å². The zero-order valence-electron chi connectivity index (χ0n) is 10.9. The van der Waals surface area contributed by atoms with Gasteiger partial charge in [-0.2, -0.15) is 0 Å². The van der Waals surface area contributed by atoms with E-state index in [9.17, 15) is 0 Å². The Bertz CT molecular complexity index is 351. The van der Waals surface area contributed by atoms with E-state index in [2.05, 4.69) is 43.4 Å². The zero-order chi connectivity index (χ0) is 12.1. The predicted molar refractivity (Wildman–Crippen MR) is 71.4 cm³/mol. The van der Waals surface area contributed by atoms with Gasteiger partial charge in [0.1, 0.15) is 11.9 Å². The molecule has 2 atom stereocenters. The van der Waals surface area contributed by atoms with Gasteiger partial charge in [-0.25, -0.2) is 0 Å². The Morgan fingerprint density at radius 3 is 2.82 bits per heavy atom. The summed E-state index contributed by atoms with van der Waals surface area (Å²) in [5.41, 5.74) is 1.33. The zero-order valence-corrected chi connectivity index (χ0v) is 10.9. The number of ether oxygens (including phenoxy) is 1. The molecule has 2 unspecified atom stereocenters. The summed E-state index contributed by atoms with van der Waals surface area (Å²) in [6.07, 6.45) is 5.00. The Morgan fingerprint density at radius 2 is 2.06 bits per heavy atom. The molecule has 1 heterocycles. The van der Waals surface area contributed by atoms with E-state index in [-0.39, 0.29) is 0 Å². The number of nitrogens with one attached hydrogen (secondary N) is 1. The fourth-order valence-corrected chi connectivity index (χ4v) is 2.50. The van der Waals surface area contributed by atoms with Crippen molar-refractivity contribution in [1.82, 2.24) is 5.32 Å². The Hall–Kier alpha value is -1.02. The molecule has 0 fully saturated rings. The van der Waals surface area contributed by atoms with E-state index in [1.54, 1.807) is 0 Å². The molecule has 1 aromatic rings. The topological polar surface area (TPSA) is 21.3 Å². The lowest BCUT2D eigenvalue weighted by atomic mass is 9.94. The first-order valence-electron chi connectivity index (χ1n) is 6.84. The van der Waals surface area contributed by atoms with Crippen LogP contribution in [0, 0.1) is 0 Å². The van der Waals surface area contributed by atoms with Crippen molar-refractivity contribution in [3.05, 3.63) is 29.8 Å². The molecule has 2 nitrogen and oxygen atoms in total. The van der Waals surface area contributed by atoms with Crippen molar-refractivity contribution >= 4 is 0 Å². The molecule has 1 N–H and O–H groups in total. The monoisotopic (exact) mass is 233 g/mol. The molecular weight excluding hydrogens is 210 g/mol. The maximum Gasteiger partial charge on any atom is 0.124 e. The summed E-state index contributed by atoms with van der Waals surface area (Å²) >= 11 is 0. The maximum absolute atomic E-state index is 6.04. The van der Waals surface area contributed by atoms with Gasteiger partial charge in [-0.05, 0) is 25.5 Å². The Kier molecular flexibility index (Phi) is 4.43. The molecule has 17 heavy (non-hydrogen) atoms. The van der Waals surface area contributed by atoms with E-state index in [1.165, 1.54) is 18.4 Å². The van der Waals surface area contributed by atoms with Crippen LogP contribution in [0.15, 0.2) is 24.3 Å². The molecule has 0 aliphatic carbocycles. The van der Waals surface area contributed by atoms with E-state index in [4.69, 9.17) is 4.74 Å². The van der Waals surface area contributed by atoms with E-state index in [0.717, 1.165) is 25.1 Å². The van der Waals surface area contributed by atoms with Crippen molar-refractivity contribution in [3.63, 3.8) is 0 Å². The average Bonchev–Trinajstić information content (AvgIpc) is 2.36. The summed E-state index contributed by atoms with van der Waals surface area (Å²) in [6.45, 7) is 5.51. The maximum atomic E-state index is 6.04. The molecule has 0 aromatic heterocycles. The molecule has 0 amide bonds. The fourth-order valence-electron chi connectivity index (χ4n) is 2.50. The lowest BCUT2D eigenvalue weighted by Crippen LogP contribution is -2.33. The molecule has 1 aliphatic rings. The van der Waals surface area contributed by atoms with Crippen molar-refractivity contribution in [1.29, 1.82) is 0 Å². The number of hydrogen-bond donors (Lipinski definition) is 1. The normalized spacial score (nSPS) is 22.9. The molecular formula is C15H23NO. The largest absolute Gasteiger partial charge is 0.490 e. The Morgan fingerprint density at radius 1 is 1.24 bits per heavy atom. The van der Waals surface area contributed by atoms with Gasteiger partial charge in [0.25, 0.3) is 0 Å². The van der Waals surface area contributed by atoms with Crippen molar-refractivity contribution in [2.45, 2.75) is 51.7 Å². The van der Waals surface area contributed by atoms with Crippen LogP contribution in [0.1, 0.15) is 51.1 Å². The van der Waals surface area contributed by atoms with Gasteiger partial charge in [0.15, 0.2) is 0 Å². The van der Waals surface area contributed by atoms with Crippen LogP contribution in [-0.4, -0.2) is 12.6 Å². The van der Waals surface area contributed by atoms with Gasteiger partial charge in [0, 0.05) is 18.0 Å². The standard InChI is InChI=1S/C15H23NO/c1-3-7-12-11-14(16-10-4-2)13-8-5-6-9-15(13)17-12/h5-6,8-9,12,14,16H,3-4,7,10-11H2,1-2H3. The van der Waals surface area contributed by atoms with Gasteiger partial charge >= 0.3 is 0 Å². The lowest BCUT2D eigenvalue weighted by Gasteiger charge is -2.32. The number of benzene rings is 1. The van der Waals surface area contributed by atoms with Crippen LogP contribution in [0.3, 0.4) is 0 Å². The SMILES string of the molecule is CCCNC1CC(CCC)Oc2ccccc21. The number of fused-ring (bicyclic) bond motifs is 1. The van der Waals surface area contributed by atoms with E-state index >= 15 is 0 Å². The number of hydrogen-bond acceptors (Lipinski definition) is 2. The van der Waals surface area contributed by atoms with Gasteiger partial charge in [-0.1, -0.05) is 38.5 Å². The second kappa shape index (κ2) is 6.06. The highest BCUT2D eigenvalue weighted by Crippen LogP contribution is 2.35. The summed E-state index contributed by atoms with van der Waals surface area (Å²) in [5, 5.41) is 3.64. The third-order valence-corrected chi connectivity index (χ3v) is 3.34. The molecule has 94 valence electrons. The Labute approximate surface area is 104 Å². The minimum atomic E-state index is 0.379. The minimum absolute atomic E-state index is 0.379. The van der Waals surface area contributed by atoms with E-state index in [1.807, 2.05) is 0 Å². The molecule has 2 heteroatoms. The number of para-hydroxylation sites is 1. The summed E-state index contributed by atoms with van der Waals surface area (Å²) in [6, 6.07) is 8.91. The van der Waals surface area contributed by atoms with Crippen molar-refractivity contribution < 1.29 is 4.74 Å². The summed E-state index contributed by atoms with van der Waals surface area (Å²) in [5.74, 6) is 1.07. The van der Waals surface area contributed by atoms with Crippen LogP contribution >= 0.6 is 0 Å². The second-order valence-electron chi connectivity index (χ2n) is 4.81. The summed E-state index contributed by atoms with van der Waals surface area (Å²) in [4.78, 5) is 0. The van der Waals surface area contributed by atoms with Gasteiger partial charge < -0.3 is 10.1 Å². The highest BCUT2D eigenvalue weighted by Gasteiger charge is 2.26. The van der Waals surface area contributed by atoms with Crippen LogP contribution < -0.4 is 10.1 Å². The highest BCUT2D eigenvalue weighted by molar-refractivity contribution is 5.37. The second-order valence-corrected chi connectivity index (χ2v) is 4.81. The number of rotatable bonds is 5. The van der Waals surface area contributed by atoms with Gasteiger partial charge in [0.2, 0.25) is 0 Å². The quantitative estimate of drug-likeness (QED) is 0.837. The predicted octanol–water partition coefficient (Wildman–Crippen LogP) is 3.68. The van der Waals surface area contributed by atoms with Crippen molar-refractivity contribution in [2.24, 2.45) is 0 Å². The average molecular weight is 233 g/mol. The minimum Gasteiger partial charge on any atom is -0.490 e. The molecule has 0 saturated carbocycles. The molecule has 0 saturated heterocycles. The van der Waals surface area contributed by atoms with Crippen LogP contribution in [0.4, 0.5) is 0 Å². The first-order valence-corrected chi connectivity index (χ1v) is 6.84. The van der Waals surface area contributed by atoms with Gasteiger partial charge in [0.05, 0.1) is 0 Å². The molecule has 0 radical (unpaired) electrons. The first-order chi connectivity index (χ1) is 8.35. The molecule has 1 aromatic carbocycles. The summed E-state index contributed by atoms with van der Waals surface area (Å²) in [7, 11) is 0. The van der Waals surface area contributed by atoms with Crippen LogP contribution in [0.25, 0.3) is 0 Å². The fraction of sp³-hybridized carbons (Fsp3) is 0.600.